The minimum atomic E-state index is 0. The monoisotopic (exact) mass is 119 g/mol. The van der Waals surface area contributed by atoms with Crippen LogP contribution >= 0.6 is 0 Å². The normalized spacial score (nSPS) is 8.25. The van der Waals surface area contributed by atoms with Crippen LogP contribution < -0.4 is 0 Å². The van der Waals surface area contributed by atoms with E-state index in [0.29, 0.717) is 0 Å². The summed E-state index contributed by atoms with van der Waals surface area (Å²) in [5.74, 6) is 0. The van der Waals surface area contributed by atoms with Crippen LogP contribution in [0.1, 0.15) is 26.7 Å². The van der Waals surface area contributed by atoms with Crippen molar-refractivity contribution < 1.29 is 10.2 Å². The fourth-order valence-electron chi connectivity index (χ4n) is 0.391. The molecule has 0 amide bonds. The smallest absolute Gasteiger partial charge is 0.0463 e. The third-order valence-corrected chi connectivity index (χ3v) is 0.697. The van der Waals surface area contributed by atoms with Crippen molar-refractivity contribution >= 4 is 0 Å². The first-order valence-corrected chi connectivity index (χ1v) is 2.99. The van der Waals surface area contributed by atoms with Gasteiger partial charge in [0.1, 0.15) is 0 Å². The maximum absolute atomic E-state index is 5.13. The standard InChI is InChI=1S/C6H14O.HO/c1-3-5-7-6-4-2;/h3-6H2,1-2H3;1H. The van der Waals surface area contributed by atoms with Gasteiger partial charge in [0.25, 0.3) is 0 Å². The van der Waals surface area contributed by atoms with E-state index in [1.165, 1.54) is 0 Å². The summed E-state index contributed by atoms with van der Waals surface area (Å²) in [6.45, 7) is 6.09. The minimum absolute atomic E-state index is 0. The molecule has 0 aromatic heterocycles. The van der Waals surface area contributed by atoms with Crippen LogP contribution in [0, 0.1) is 0 Å². The zero-order chi connectivity index (χ0) is 5.54. The Balaban J connectivity index is 0. The van der Waals surface area contributed by atoms with E-state index in [1.807, 2.05) is 0 Å². The average Bonchev–Trinajstić information content (AvgIpc) is 1.69. The zero-order valence-corrected chi connectivity index (χ0v) is 5.68. The van der Waals surface area contributed by atoms with Crippen LogP contribution in [-0.2, 0) is 4.74 Å². The summed E-state index contributed by atoms with van der Waals surface area (Å²) in [5, 5.41) is 0. The van der Waals surface area contributed by atoms with E-state index in [9.17, 15) is 0 Å². The third-order valence-electron chi connectivity index (χ3n) is 0.697. The lowest BCUT2D eigenvalue weighted by Gasteiger charge is -1.95. The molecule has 0 aromatic carbocycles. The van der Waals surface area contributed by atoms with Crippen molar-refractivity contribution in [1.82, 2.24) is 0 Å². The Kier molecular flexibility index (Phi) is 13.6. The summed E-state index contributed by atoms with van der Waals surface area (Å²) in [7, 11) is 0. The number of hydrogen-bond donors (Lipinski definition) is 1. The highest BCUT2D eigenvalue weighted by Crippen LogP contribution is 1.81. The van der Waals surface area contributed by atoms with Crippen LogP contribution in [0.15, 0.2) is 0 Å². The van der Waals surface area contributed by atoms with E-state index in [2.05, 4.69) is 13.8 Å². The van der Waals surface area contributed by atoms with Gasteiger partial charge in [-0.3, -0.25) is 5.48 Å². The second-order valence-electron chi connectivity index (χ2n) is 1.61. The Hall–Kier alpha value is -0.0800. The Morgan fingerprint density at radius 3 is 1.62 bits per heavy atom. The molecule has 0 unspecified atom stereocenters. The molecule has 0 spiro atoms. The molecule has 0 aliphatic rings. The van der Waals surface area contributed by atoms with Crippen LogP contribution in [0.25, 0.3) is 0 Å². The molecule has 2 heteroatoms. The van der Waals surface area contributed by atoms with E-state index in [4.69, 9.17) is 4.74 Å². The molecule has 0 aromatic rings. The van der Waals surface area contributed by atoms with Gasteiger partial charge in [-0.25, -0.2) is 0 Å². The molecule has 0 aliphatic carbocycles. The molecule has 1 radical (unpaired) electrons. The van der Waals surface area contributed by atoms with E-state index in [0.717, 1.165) is 26.1 Å². The van der Waals surface area contributed by atoms with Crippen LogP contribution in [0.4, 0.5) is 0 Å². The molecule has 0 aliphatic heterocycles. The summed E-state index contributed by atoms with van der Waals surface area (Å²) in [6, 6.07) is 0. The topological polar surface area (TPSA) is 39.2 Å². The van der Waals surface area contributed by atoms with E-state index < -0.39 is 0 Å². The average molecular weight is 119 g/mol. The molecule has 0 atom stereocenters. The lowest BCUT2D eigenvalue weighted by Crippen LogP contribution is -1.92. The predicted molar refractivity (Wildman–Crippen MR) is 33.3 cm³/mol. The fourth-order valence-corrected chi connectivity index (χ4v) is 0.391. The molecule has 0 fully saturated rings. The van der Waals surface area contributed by atoms with E-state index in [1.54, 1.807) is 0 Å². The lowest BCUT2D eigenvalue weighted by atomic mass is 10.5. The minimum Gasteiger partial charge on any atom is -0.381 e. The van der Waals surface area contributed by atoms with Gasteiger partial charge in [0, 0.05) is 13.2 Å². The van der Waals surface area contributed by atoms with E-state index in [-0.39, 0.29) is 5.48 Å². The van der Waals surface area contributed by atoms with Crippen molar-refractivity contribution in [2.75, 3.05) is 13.2 Å². The molecule has 0 rings (SSSR count). The van der Waals surface area contributed by atoms with E-state index >= 15 is 0 Å². The maximum Gasteiger partial charge on any atom is 0.0463 e. The molecular formula is C6H15O2. The van der Waals surface area contributed by atoms with Gasteiger partial charge in [0.05, 0.1) is 0 Å². The first kappa shape index (κ1) is 10.8. The van der Waals surface area contributed by atoms with Crippen LogP contribution in [0.3, 0.4) is 0 Å². The second-order valence-corrected chi connectivity index (χ2v) is 1.61. The van der Waals surface area contributed by atoms with Crippen molar-refractivity contribution in [3.8, 4) is 0 Å². The molecule has 0 saturated heterocycles. The quantitative estimate of drug-likeness (QED) is 0.561. The van der Waals surface area contributed by atoms with Crippen LogP contribution in [0.2, 0.25) is 0 Å². The van der Waals surface area contributed by atoms with Crippen molar-refractivity contribution in [1.29, 1.82) is 0 Å². The summed E-state index contributed by atoms with van der Waals surface area (Å²) in [6.07, 6.45) is 2.28. The predicted octanol–water partition coefficient (Wildman–Crippen LogP) is 1.65. The summed E-state index contributed by atoms with van der Waals surface area (Å²) in [5.41, 5.74) is 0. The molecule has 0 saturated carbocycles. The molecule has 51 valence electrons. The number of hydrogen-bond acceptors (Lipinski definition) is 1. The Morgan fingerprint density at radius 1 is 1.00 bits per heavy atom. The molecule has 1 N–H and O–H groups in total. The molecule has 0 heterocycles. The van der Waals surface area contributed by atoms with Gasteiger partial charge in [-0.05, 0) is 12.8 Å². The van der Waals surface area contributed by atoms with Crippen molar-refractivity contribution in [3.05, 3.63) is 0 Å². The van der Waals surface area contributed by atoms with Gasteiger partial charge in [-0.2, -0.15) is 0 Å². The zero-order valence-electron chi connectivity index (χ0n) is 5.68. The third kappa shape index (κ3) is 9.33. The van der Waals surface area contributed by atoms with Crippen LogP contribution in [0.5, 0.6) is 0 Å². The SMILES string of the molecule is CCCOCCC.[OH]. The van der Waals surface area contributed by atoms with Crippen molar-refractivity contribution in [2.45, 2.75) is 26.7 Å². The number of ether oxygens (including phenoxy) is 1. The van der Waals surface area contributed by atoms with Gasteiger partial charge in [0.15, 0.2) is 0 Å². The Morgan fingerprint density at radius 2 is 1.38 bits per heavy atom. The van der Waals surface area contributed by atoms with Gasteiger partial charge in [-0.15, -0.1) is 0 Å². The first-order chi connectivity index (χ1) is 3.41. The second kappa shape index (κ2) is 10.0. The molecule has 8 heavy (non-hydrogen) atoms. The maximum atomic E-state index is 5.13. The highest BCUT2D eigenvalue weighted by atomic mass is 16.5. The van der Waals surface area contributed by atoms with Crippen LogP contribution in [-0.4, -0.2) is 18.7 Å². The van der Waals surface area contributed by atoms with Crippen molar-refractivity contribution in [2.24, 2.45) is 0 Å². The Bertz CT molecular complexity index is 25.7. The molecule has 2 nitrogen and oxygen atoms in total. The molecule has 0 bridgehead atoms. The first-order valence-electron chi connectivity index (χ1n) is 2.99. The summed E-state index contributed by atoms with van der Waals surface area (Å²) < 4.78 is 5.13. The van der Waals surface area contributed by atoms with Crippen molar-refractivity contribution in [3.63, 3.8) is 0 Å². The van der Waals surface area contributed by atoms with Gasteiger partial charge in [-0.1, -0.05) is 13.8 Å². The summed E-state index contributed by atoms with van der Waals surface area (Å²) in [4.78, 5) is 0. The number of rotatable bonds is 4. The Labute approximate surface area is 51.2 Å². The fraction of sp³-hybridized carbons (Fsp3) is 1.00. The summed E-state index contributed by atoms with van der Waals surface area (Å²) >= 11 is 0. The van der Waals surface area contributed by atoms with Gasteiger partial charge < -0.3 is 4.74 Å². The van der Waals surface area contributed by atoms with Gasteiger partial charge >= 0.3 is 0 Å². The largest absolute Gasteiger partial charge is 0.381 e. The molecular weight excluding hydrogens is 104 g/mol. The lowest BCUT2D eigenvalue weighted by molar-refractivity contribution is 0.135. The highest BCUT2D eigenvalue weighted by Gasteiger charge is 1.77. The highest BCUT2D eigenvalue weighted by molar-refractivity contribution is 4.25. The van der Waals surface area contributed by atoms with Gasteiger partial charge in [0.2, 0.25) is 0 Å².